The van der Waals surface area contributed by atoms with Gasteiger partial charge in [0.15, 0.2) is 0 Å². The lowest BCUT2D eigenvalue weighted by atomic mass is 9.83. The third kappa shape index (κ3) is 2.91. The highest BCUT2D eigenvalue weighted by Crippen LogP contribution is 2.36. The molecule has 7 nitrogen and oxygen atoms in total. The maximum Gasteiger partial charge on any atom is 0.270 e. The number of aromatic nitrogens is 1. The molecule has 4 rings (SSSR count). The van der Waals surface area contributed by atoms with Crippen molar-refractivity contribution in [3.05, 3.63) is 68.1 Å². The SMILES string of the molecule is O=c1cccc2n1C[C@@H]1C[C@@H]2CN(Cc2cc([N+](=O)[O-])ccc2O)C1. The van der Waals surface area contributed by atoms with Crippen LogP contribution in [0.1, 0.15) is 23.6 Å². The largest absolute Gasteiger partial charge is 0.508 e. The molecule has 2 aliphatic rings. The van der Waals surface area contributed by atoms with Crippen molar-refractivity contribution in [1.82, 2.24) is 9.47 Å². The minimum Gasteiger partial charge on any atom is -0.508 e. The van der Waals surface area contributed by atoms with Crippen molar-refractivity contribution in [3.8, 4) is 5.75 Å². The molecule has 7 heteroatoms. The highest BCUT2D eigenvalue weighted by molar-refractivity contribution is 5.43. The molecule has 0 radical (unpaired) electrons. The number of pyridine rings is 1. The van der Waals surface area contributed by atoms with Gasteiger partial charge in [-0.2, -0.15) is 0 Å². The topological polar surface area (TPSA) is 88.6 Å². The Morgan fingerprint density at radius 2 is 2.04 bits per heavy atom. The summed E-state index contributed by atoms with van der Waals surface area (Å²) in [6, 6.07) is 9.55. The van der Waals surface area contributed by atoms with E-state index in [0.29, 0.717) is 24.6 Å². The van der Waals surface area contributed by atoms with E-state index in [0.717, 1.165) is 25.2 Å². The Labute approximate surface area is 144 Å². The number of nitrogens with zero attached hydrogens (tertiary/aromatic N) is 3. The number of hydrogen-bond acceptors (Lipinski definition) is 5. The van der Waals surface area contributed by atoms with Crippen LogP contribution in [0, 0.1) is 16.0 Å². The Morgan fingerprint density at radius 3 is 2.84 bits per heavy atom. The van der Waals surface area contributed by atoms with E-state index in [1.807, 2.05) is 10.6 Å². The van der Waals surface area contributed by atoms with Crippen molar-refractivity contribution in [3.63, 3.8) is 0 Å². The van der Waals surface area contributed by atoms with Gasteiger partial charge in [-0.25, -0.2) is 0 Å². The summed E-state index contributed by atoms with van der Waals surface area (Å²) in [6.45, 7) is 2.78. The van der Waals surface area contributed by atoms with E-state index in [2.05, 4.69) is 4.90 Å². The average Bonchev–Trinajstić information content (AvgIpc) is 2.57. The minimum absolute atomic E-state index is 0.0121. The van der Waals surface area contributed by atoms with E-state index in [-0.39, 0.29) is 22.9 Å². The number of aromatic hydroxyl groups is 1. The average molecular weight is 341 g/mol. The molecule has 2 aliphatic heterocycles. The van der Waals surface area contributed by atoms with Crippen molar-refractivity contribution in [2.45, 2.75) is 25.4 Å². The van der Waals surface area contributed by atoms with Crippen LogP contribution in [0.3, 0.4) is 0 Å². The van der Waals surface area contributed by atoms with Gasteiger partial charge in [-0.3, -0.25) is 19.8 Å². The zero-order chi connectivity index (χ0) is 17.6. The maximum absolute atomic E-state index is 12.1. The summed E-state index contributed by atoms with van der Waals surface area (Å²) in [4.78, 5) is 24.8. The van der Waals surface area contributed by atoms with Gasteiger partial charge >= 0.3 is 0 Å². The smallest absolute Gasteiger partial charge is 0.270 e. The van der Waals surface area contributed by atoms with Crippen LogP contribution in [-0.2, 0) is 13.1 Å². The van der Waals surface area contributed by atoms with Crippen LogP contribution >= 0.6 is 0 Å². The van der Waals surface area contributed by atoms with Crippen LogP contribution in [0.2, 0.25) is 0 Å². The van der Waals surface area contributed by atoms with Gasteiger partial charge in [-0.05, 0) is 24.5 Å². The first-order valence-electron chi connectivity index (χ1n) is 8.39. The number of piperidine rings is 1. The maximum atomic E-state index is 12.1. The van der Waals surface area contributed by atoms with Crippen LogP contribution in [0.25, 0.3) is 0 Å². The van der Waals surface area contributed by atoms with Gasteiger partial charge in [0.25, 0.3) is 11.2 Å². The lowest BCUT2D eigenvalue weighted by Crippen LogP contribution is -2.46. The van der Waals surface area contributed by atoms with Gasteiger partial charge in [-0.15, -0.1) is 0 Å². The van der Waals surface area contributed by atoms with E-state index >= 15 is 0 Å². The van der Waals surface area contributed by atoms with Gasteiger partial charge in [0.1, 0.15) is 5.75 Å². The monoisotopic (exact) mass is 341 g/mol. The molecule has 1 N–H and O–H groups in total. The lowest BCUT2D eigenvalue weighted by Gasteiger charge is -2.42. The minimum atomic E-state index is -0.448. The fourth-order valence-corrected chi connectivity index (χ4v) is 4.18. The van der Waals surface area contributed by atoms with Crippen LogP contribution in [0.15, 0.2) is 41.2 Å². The second-order valence-electron chi connectivity index (χ2n) is 6.96. The summed E-state index contributed by atoms with van der Waals surface area (Å²) in [6.07, 6.45) is 1.06. The van der Waals surface area contributed by atoms with Crippen molar-refractivity contribution >= 4 is 5.69 Å². The van der Waals surface area contributed by atoms with Crippen LogP contribution < -0.4 is 5.56 Å². The molecule has 1 saturated heterocycles. The quantitative estimate of drug-likeness (QED) is 0.682. The molecule has 1 aromatic carbocycles. The van der Waals surface area contributed by atoms with E-state index in [9.17, 15) is 20.0 Å². The van der Waals surface area contributed by atoms with E-state index < -0.39 is 4.92 Å². The van der Waals surface area contributed by atoms with Crippen molar-refractivity contribution in [1.29, 1.82) is 0 Å². The molecule has 0 spiro atoms. The number of fused-ring (bicyclic) bond motifs is 4. The first kappa shape index (κ1) is 15.8. The Balaban J connectivity index is 1.58. The third-order valence-corrected chi connectivity index (χ3v) is 5.22. The Kier molecular flexibility index (Phi) is 3.80. The van der Waals surface area contributed by atoms with E-state index in [1.165, 1.54) is 18.2 Å². The molecule has 2 atom stereocenters. The van der Waals surface area contributed by atoms with E-state index in [4.69, 9.17) is 0 Å². The summed E-state index contributed by atoms with van der Waals surface area (Å²) < 4.78 is 1.88. The van der Waals surface area contributed by atoms with Crippen molar-refractivity contribution in [2.24, 2.45) is 5.92 Å². The third-order valence-electron chi connectivity index (χ3n) is 5.22. The van der Waals surface area contributed by atoms with Gasteiger partial charge in [0.2, 0.25) is 0 Å². The van der Waals surface area contributed by atoms with Gasteiger partial charge in [0.05, 0.1) is 4.92 Å². The molecule has 0 aliphatic carbocycles. The normalized spacial score (nSPS) is 22.4. The molecule has 130 valence electrons. The number of hydrogen-bond donors (Lipinski definition) is 1. The molecule has 1 fully saturated rings. The first-order valence-corrected chi connectivity index (χ1v) is 8.39. The molecule has 2 bridgehead atoms. The Hall–Kier alpha value is -2.67. The Morgan fingerprint density at radius 1 is 1.20 bits per heavy atom. The number of nitro benzene ring substituents is 1. The van der Waals surface area contributed by atoms with Gasteiger partial charge in [0, 0.05) is 61.6 Å². The highest BCUT2D eigenvalue weighted by Gasteiger charge is 2.34. The van der Waals surface area contributed by atoms with Crippen LogP contribution in [0.4, 0.5) is 5.69 Å². The number of phenolic OH excluding ortho intramolecular Hbond substituents is 1. The number of rotatable bonds is 3. The number of non-ortho nitro benzene ring substituents is 1. The summed E-state index contributed by atoms with van der Waals surface area (Å²) >= 11 is 0. The molecule has 0 amide bonds. The number of nitro groups is 1. The highest BCUT2D eigenvalue weighted by atomic mass is 16.6. The summed E-state index contributed by atoms with van der Waals surface area (Å²) in [5, 5.41) is 21.0. The fraction of sp³-hybridized carbons (Fsp3) is 0.389. The van der Waals surface area contributed by atoms with Crippen LogP contribution in [-0.4, -0.2) is 32.6 Å². The molecular formula is C18H19N3O4. The number of benzene rings is 1. The zero-order valence-corrected chi connectivity index (χ0v) is 13.7. The Bertz CT molecular complexity index is 892. The molecule has 0 unspecified atom stereocenters. The molecule has 1 aromatic heterocycles. The molecular weight excluding hydrogens is 322 g/mol. The standard InChI is InChI=1S/C18H19N3O4/c22-17-5-4-15(21(24)25)7-14(17)11-19-8-12-6-13(10-19)16-2-1-3-18(23)20(16)9-12/h1-5,7,12-13,22H,6,8-11H2/t12-,13-/m1/s1. The number of likely N-dealkylation sites (tertiary alicyclic amines) is 1. The molecule has 3 heterocycles. The van der Waals surface area contributed by atoms with Gasteiger partial charge in [-0.1, -0.05) is 6.07 Å². The summed E-state index contributed by atoms with van der Waals surface area (Å²) in [7, 11) is 0. The fourth-order valence-electron chi connectivity index (χ4n) is 4.18. The predicted octanol–water partition coefficient (Wildman–Crippen LogP) is 2.08. The van der Waals surface area contributed by atoms with E-state index in [1.54, 1.807) is 12.1 Å². The molecule has 0 saturated carbocycles. The van der Waals surface area contributed by atoms with Crippen molar-refractivity contribution in [2.75, 3.05) is 13.1 Å². The second kappa shape index (κ2) is 6.00. The van der Waals surface area contributed by atoms with Crippen molar-refractivity contribution < 1.29 is 10.0 Å². The predicted molar refractivity (Wildman–Crippen MR) is 91.6 cm³/mol. The molecule has 2 aromatic rings. The first-order chi connectivity index (χ1) is 12.0. The number of phenols is 1. The summed E-state index contributed by atoms with van der Waals surface area (Å²) in [5.74, 6) is 0.743. The molecule has 25 heavy (non-hydrogen) atoms. The van der Waals surface area contributed by atoms with Crippen LogP contribution in [0.5, 0.6) is 5.75 Å². The van der Waals surface area contributed by atoms with Gasteiger partial charge < -0.3 is 9.67 Å². The lowest BCUT2D eigenvalue weighted by molar-refractivity contribution is -0.385. The zero-order valence-electron chi connectivity index (χ0n) is 13.7. The second-order valence-corrected chi connectivity index (χ2v) is 6.96. The summed E-state index contributed by atoms with van der Waals surface area (Å²) in [5.41, 5.74) is 1.68.